The number of hydrogen-bond acceptors (Lipinski definition) is 4. The zero-order valence-electron chi connectivity index (χ0n) is 12.6. The third-order valence-electron chi connectivity index (χ3n) is 3.36. The fourth-order valence-corrected chi connectivity index (χ4v) is 2.21. The van der Waals surface area contributed by atoms with Crippen LogP contribution in [0.15, 0.2) is 46.9 Å². The molecule has 6 heteroatoms. The van der Waals surface area contributed by atoms with Gasteiger partial charge in [0.15, 0.2) is 0 Å². The first-order valence-corrected chi connectivity index (χ1v) is 7.01. The van der Waals surface area contributed by atoms with E-state index in [0.29, 0.717) is 11.5 Å². The lowest BCUT2D eigenvalue weighted by Crippen LogP contribution is -2.12. The van der Waals surface area contributed by atoms with E-state index < -0.39 is 11.7 Å². The SMILES string of the molecule is Cc1ccc(-c2nnc(NC(=O)c3ccc(F)cc3)o2)c(C)c1. The number of hydrogen-bond donors (Lipinski definition) is 1. The number of aryl methyl sites for hydroxylation is 2. The average molecular weight is 311 g/mol. The molecule has 3 rings (SSSR count). The second kappa shape index (κ2) is 6.00. The molecule has 0 saturated heterocycles. The molecule has 5 nitrogen and oxygen atoms in total. The third kappa shape index (κ3) is 3.26. The van der Waals surface area contributed by atoms with Gasteiger partial charge in [0.1, 0.15) is 5.82 Å². The van der Waals surface area contributed by atoms with Crippen LogP contribution in [0.5, 0.6) is 0 Å². The minimum Gasteiger partial charge on any atom is -0.403 e. The molecule has 1 N–H and O–H groups in total. The molecule has 3 aromatic rings. The number of carbonyl (C=O) groups excluding carboxylic acids is 1. The van der Waals surface area contributed by atoms with Gasteiger partial charge in [-0.25, -0.2) is 4.39 Å². The van der Waals surface area contributed by atoms with Gasteiger partial charge in [0, 0.05) is 11.1 Å². The van der Waals surface area contributed by atoms with Gasteiger partial charge in [-0.1, -0.05) is 22.8 Å². The lowest BCUT2D eigenvalue weighted by molar-refractivity contribution is 0.102. The van der Waals surface area contributed by atoms with Crippen molar-refractivity contribution in [1.82, 2.24) is 10.2 Å². The molecule has 23 heavy (non-hydrogen) atoms. The van der Waals surface area contributed by atoms with Crippen LogP contribution < -0.4 is 5.32 Å². The smallest absolute Gasteiger partial charge is 0.322 e. The lowest BCUT2D eigenvalue weighted by Gasteiger charge is -2.02. The zero-order chi connectivity index (χ0) is 16.4. The molecule has 1 aromatic heterocycles. The van der Waals surface area contributed by atoms with E-state index >= 15 is 0 Å². The predicted octanol–water partition coefficient (Wildman–Crippen LogP) is 3.74. The molecule has 0 aliphatic rings. The van der Waals surface area contributed by atoms with E-state index in [9.17, 15) is 9.18 Å². The minimum absolute atomic E-state index is 0.00528. The number of halogens is 1. The summed E-state index contributed by atoms with van der Waals surface area (Å²) in [4.78, 5) is 12.0. The summed E-state index contributed by atoms with van der Waals surface area (Å²) in [6, 6.07) is 11.0. The van der Waals surface area contributed by atoms with E-state index in [1.165, 1.54) is 24.3 Å². The Morgan fingerprint density at radius 2 is 1.83 bits per heavy atom. The summed E-state index contributed by atoms with van der Waals surface area (Å²) in [7, 11) is 0. The van der Waals surface area contributed by atoms with E-state index in [4.69, 9.17) is 4.42 Å². The van der Waals surface area contributed by atoms with Crippen molar-refractivity contribution in [2.24, 2.45) is 0 Å². The summed E-state index contributed by atoms with van der Waals surface area (Å²) < 4.78 is 18.3. The van der Waals surface area contributed by atoms with Crippen molar-refractivity contribution in [2.75, 3.05) is 5.32 Å². The summed E-state index contributed by atoms with van der Waals surface area (Å²) in [6.45, 7) is 3.95. The van der Waals surface area contributed by atoms with Crippen LogP contribution in [0.2, 0.25) is 0 Å². The highest BCUT2D eigenvalue weighted by molar-refractivity contribution is 6.03. The molecule has 0 aliphatic heterocycles. The number of nitrogens with one attached hydrogen (secondary N) is 1. The Morgan fingerprint density at radius 3 is 2.52 bits per heavy atom. The van der Waals surface area contributed by atoms with Gasteiger partial charge in [0.2, 0.25) is 5.89 Å². The van der Waals surface area contributed by atoms with Crippen molar-refractivity contribution >= 4 is 11.9 Å². The summed E-state index contributed by atoms with van der Waals surface area (Å²) in [5.41, 5.74) is 3.25. The van der Waals surface area contributed by atoms with E-state index in [1.807, 2.05) is 32.0 Å². The lowest BCUT2D eigenvalue weighted by atomic mass is 10.1. The van der Waals surface area contributed by atoms with Crippen molar-refractivity contribution in [3.05, 3.63) is 65.0 Å². The van der Waals surface area contributed by atoms with Crippen LogP contribution in [-0.4, -0.2) is 16.1 Å². The molecule has 0 fully saturated rings. The summed E-state index contributed by atoms with van der Waals surface area (Å²) in [5, 5.41) is 10.3. The van der Waals surface area contributed by atoms with Crippen LogP contribution in [0.3, 0.4) is 0 Å². The van der Waals surface area contributed by atoms with Gasteiger partial charge in [-0.3, -0.25) is 10.1 Å². The number of carbonyl (C=O) groups is 1. The van der Waals surface area contributed by atoms with Crippen molar-refractivity contribution < 1.29 is 13.6 Å². The summed E-state index contributed by atoms with van der Waals surface area (Å²) in [6.07, 6.45) is 0. The third-order valence-corrected chi connectivity index (χ3v) is 3.36. The Labute approximate surface area is 132 Å². The number of aromatic nitrogens is 2. The number of amides is 1. The topological polar surface area (TPSA) is 68.0 Å². The van der Waals surface area contributed by atoms with Crippen LogP contribution in [-0.2, 0) is 0 Å². The maximum atomic E-state index is 12.9. The fraction of sp³-hybridized carbons (Fsp3) is 0.118. The van der Waals surface area contributed by atoms with Gasteiger partial charge in [-0.15, -0.1) is 5.10 Å². The van der Waals surface area contributed by atoms with Gasteiger partial charge in [-0.2, -0.15) is 0 Å². The van der Waals surface area contributed by atoms with E-state index in [0.717, 1.165) is 16.7 Å². The molecule has 0 saturated carbocycles. The number of rotatable bonds is 3. The average Bonchev–Trinajstić information content (AvgIpc) is 2.96. The highest BCUT2D eigenvalue weighted by Gasteiger charge is 2.14. The van der Waals surface area contributed by atoms with Crippen molar-refractivity contribution in [3.8, 4) is 11.5 Å². The van der Waals surface area contributed by atoms with Crippen LogP contribution in [0.4, 0.5) is 10.4 Å². The van der Waals surface area contributed by atoms with Crippen molar-refractivity contribution in [3.63, 3.8) is 0 Å². The number of nitrogens with zero attached hydrogens (tertiary/aromatic N) is 2. The first-order valence-electron chi connectivity index (χ1n) is 7.01. The molecule has 1 amide bonds. The molecule has 1 heterocycles. The first-order chi connectivity index (χ1) is 11.0. The molecular weight excluding hydrogens is 297 g/mol. The van der Waals surface area contributed by atoms with Crippen LogP contribution in [0.1, 0.15) is 21.5 Å². The second-order valence-electron chi connectivity index (χ2n) is 5.19. The minimum atomic E-state index is -0.444. The molecule has 116 valence electrons. The molecule has 0 atom stereocenters. The molecule has 0 aliphatic carbocycles. The normalized spacial score (nSPS) is 10.6. The molecule has 0 spiro atoms. The Kier molecular flexibility index (Phi) is 3.89. The zero-order valence-corrected chi connectivity index (χ0v) is 12.6. The van der Waals surface area contributed by atoms with Crippen LogP contribution in [0, 0.1) is 19.7 Å². The molecule has 0 radical (unpaired) electrons. The fourth-order valence-electron chi connectivity index (χ4n) is 2.21. The predicted molar refractivity (Wildman–Crippen MR) is 83.6 cm³/mol. The Balaban J connectivity index is 1.79. The largest absolute Gasteiger partial charge is 0.403 e. The van der Waals surface area contributed by atoms with Crippen molar-refractivity contribution in [2.45, 2.75) is 13.8 Å². The summed E-state index contributed by atoms with van der Waals surface area (Å²) in [5.74, 6) is -0.519. The van der Waals surface area contributed by atoms with E-state index in [1.54, 1.807) is 0 Å². The van der Waals surface area contributed by atoms with Gasteiger partial charge >= 0.3 is 6.01 Å². The first kappa shape index (κ1) is 14.9. The van der Waals surface area contributed by atoms with Crippen LogP contribution >= 0.6 is 0 Å². The second-order valence-corrected chi connectivity index (χ2v) is 5.19. The highest BCUT2D eigenvalue weighted by Crippen LogP contribution is 2.24. The van der Waals surface area contributed by atoms with E-state index in [2.05, 4.69) is 15.5 Å². The van der Waals surface area contributed by atoms with Gasteiger partial charge in [0.05, 0.1) is 0 Å². The van der Waals surface area contributed by atoms with Gasteiger partial charge in [0.25, 0.3) is 5.91 Å². The summed E-state index contributed by atoms with van der Waals surface area (Å²) >= 11 is 0. The Hall–Kier alpha value is -3.02. The molecule has 2 aromatic carbocycles. The van der Waals surface area contributed by atoms with Crippen LogP contribution in [0.25, 0.3) is 11.5 Å². The Morgan fingerprint density at radius 1 is 1.09 bits per heavy atom. The molecule has 0 bridgehead atoms. The Bertz CT molecular complexity index is 857. The van der Waals surface area contributed by atoms with Gasteiger partial charge < -0.3 is 4.42 Å². The molecule has 0 unspecified atom stereocenters. The van der Waals surface area contributed by atoms with Crippen molar-refractivity contribution in [1.29, 1.82) is 0 Å². The monoisotopic (exact) mass is 311 g/mol. The quantitative estimate of drug-likeness (QED) is 0.800. The maximum Gasteiger partial charge on any atom is 0.322 e. The maximum absolute atomic E-state index is 12.9. The standard InChI is InChI=1S/C17H14FN3O2/c1-10-3-8-14(11(2)9-10)16-20-21-17(23-16)19-15(22)12-4-6-13(18)7-5-12/h3-9H,1-2H3,(H,19,21,22). The van der Waals surface area contributed by atoms with E-state index in [-0.39, 0.29) is 6.01 Å². The molecular formula is C17H14FN3O2. The highest BCUT2D eigenvalue weighted by atomic mass is 19.1. The number of anilines is 1. The number of benzene rings is 2. The van der Waals surface area contributed by atoms with Gasteiger partial charge in [-0.05, 0) is 49.7 Å².